The number of nitrogens with one attached hydrogen (secondary N) is 1. The van der Waals surface area contributed by atoms with Gasteiger partial charge in [0.25, 0.3) is 0 Å². The molecule has 6 heteroatoms. The van der Waals surface area contributed by atoms with Gasteiger partial charge in [0.15, 0.2) is 11.5 Å². The molecule has 0 aliphatic carbocycles. The summed E-state index contributed by atoms with van der Waals surface area (Å²) in [5.41, 5.74) is 1.96. The van der Waals surface area contributed by atoms with Crippen LogP contribution < -0.4 is 19.5 Å². The van der Waals surface area contributed by atoms with E-state index in [2.05, 4.69) is 34.5 Å². The van der Waals surface area contributed by atoms with E-state index < -0.39 is 0 Å². The number of amides is 1. The van der Waals surface area contributed by atoms with Crippen molar-refractivity contribution in [3.8, 4) is 17.2 Å². The molecule has 2 aromatic rings. The summed E-state index contributed by atoms with van der Waals surface area (Å²) in [6.45, 7) is 2.18. The van der Waals surface area contributed by atoms with E-state index in [-0.39, 0.29) is 5.91 Å². The minimum Gasteiger partial charge on any atom is -0.493 e. The van der Waals surface area contributed by atoms with Crippen LogP contribution in [-0.4, -0.2) is 51.8 Å². The van der Waals surface area contributed by atoms with Gasteiger partial charge in [-0.05, 0) is 24.4 Å². The maximum Gasteiger partial charge on any atom is 0.238 e. The van der Waals surface area contributed by atoms with Crippen LogP contribution in [0.25, 0.3) is 0 Å². The zero-order chi connectivity index (χ0) is 19.2. The number of likely N-dealkylation sites (tertiary alicyclic amines) is 1. The summed E-state index contributed by atoms with van der Waals surface area (Å²) in [4.78, 5) is 14.7. The van der Waals surface area contributed by atoms with Crippen molar-refractivity contribution < 1.29 is 19.0 Å². The summed E-state index contributed by atoms with van der Waals surface area (Å²) < 4.78 is 16.0. The molecular formula is C21H26N2O4. The summed E-state index contributed by atoms with van der Waals surface area (Å²) in [5.74, 6) is 1.95. The third-order valence-electron chi connectivity index (χ3n) is 4.86. The lowest BCUT2D eigenvalue weighted by molar-refractivity contribution is -0.117. The van der Waals surface area contributed by atoms with Crippen LogP contribution in [0.1, 0.15) is 17.9 Å². The zero-order valence-electron chi connectivity index (χ0n) is 16.0. The second kappa shape index (κ2) is 8.77. The summed E-state index contributed by atoms with van der Waals surface area (Å²) in [6.07, 6.45) is 1.07. The highest BCUT2D eigenvalue weighted by Crippen LogP contribution is 2.40. The Bertz CT molecular complexity index is 754. The van der Waals surface area contributed by atoms with E-state index in [0.29, 0.717) is 35.4 Å². The first-order chi connectivity index (χ1) is 13.1. The highest BCUT2D eigenvalue weighted by atomic mass is 16.5. The number of carbonyl (C=O) groups is 1. The first-order valence-electron chi connectivity index (χ1n) is 9.01. The molecule has 0 bridgehead atoms. The molecular weight excluding hydrogens is 344 g/mol. The Hall–Kier alpha value is -2.73. The van der Waals surface area contributed by atoms with Gasteiger partial charge in [-0.15, -0.1) is 0 Å². The monoisotopic (exact) mass is 370 g/mol. The Labute approximate surface area is 160 Å². The molecule has 1 saturated heterocycles. The van der Waals surface area contributed by atoms with Gasteiger partial charge >= 0.3 is 0 Å². The van der Waals surface area contributed by atoms with E-state index in [0.717, 1.165) is 19.5 Å². The van der Waals surface area contributed by atoms with Crippen molar-refractivity contribution in [2.24, 2.45) is 0 Å². The van der Waals surface area contributed by atoms with Gasteiger partial charge in [0.2, 0.25) is 11.7 Å². The van der Waals surface area contributed by atoms with Gasteiger partial charge in [0.1, 0.15) is 0 Å². The first kappa shape index (κ1) is 19.0. The Balaban J connectivity index is 1.61. The van der Waals surface area contributed by atoms with Crippen molar-refractivity contribution in [2.45, 2.75) is 12.3 Å². The average Bonchev–Trinajstić information content (AvgIpc) is 3.16. The molecule has 3 rings (SSSR count). The summed E-state index contributed by atoms with van der Waals surface area (Å²) in [6, 6.07) is 13.9. The number of nitrogens with zero attached hydrogens (tertiary/aromatic N) is 1. The number of hydrogen-bond acceptors (Lipinski definition) is 5. The number of carbonyl (C=O) groups excluding carboxylic acids is 1. The van der Waals surface area contributed by atoms with E-state index in [4.69, 9.17) is 14.2 Å². The van der Waals surface area contributed by atoms with E-state index in [1.54, 1.807) is 33.5 Å². The molecule has 0 radical (unpaired) electrons. The average molecular weight is 370 g/mol. The molecule has 0 aromatic heterocycles. The molecule has 0 saturated carbocycles. The lowest BCUT2D eigenvalue weighted by Crippen LogP contribution is -2.31. The summed E-state index contributed by atoms with van der Waals surface area (Å²) in [7, 11) is 4.66. The molecule has 1 aliphatic heterocycles. The summed E-state index contributed by atoms with van der Waals surface area (Å²) in [5, 5.41) is 2.93. The Morgan fingerprint density at radius 3 is 2.33 bits per heavy atom. The van der Waals surface area contributed by atoms with Gasteiger partial charge in [0, 0.05) is 24.4 Å². The largest absolute Gasteiger partial charge is 0.493 e. The molecule has 1 N–H and O–H groups in total. The van der Waals surface area contributed by atoms with Gasteiger partial charge in [-0.2, -0.15) is 0 Å². The molecule has 27 heavy (non-hydrogen) atoms. The van der Waals surface area contributed by atoms with Crippen molar-refractivity contribution in [3.05, 3.63) is 48.0 Å². The van der Waals surface area contributed by atoms with Crippen LogP contribution in [0.2, 0.25) is 0 Å². The molecule has 1 aliphatic rings. The van der Waals surface area contributed by atoms with Gasteiger partial charge in [-0.25, -0.2) is 0 Å². The highest BCUT2D eigenvalue weighted by Gasteiger charge is 2.25. The molecule has 144 valence electrons. The van der Waals surface area contributed by atoms with Crippen LogP contribution in [0.3, 0.4) is 0 Å². The van der Waals surface area contributed by atoms with Gasteiger partial charge in [-0.3, -0.25) is 9.69 Å². The third kappa shape index (κ3) is 4.52. The number of ether oxygens (including phenoxy) is 3. The molecule has 1 atom stereocenters. The predicted octanol–water partition coefficient (Wildman–Crippen LogP) is 3.14. The van der Waals surface area contributed by atoms with Crippen molar-refractivity contribution in [2.75, 3.05) is 46.3 Å². The van der Waals surface area contributed by atoms with Crippen LogP contribution in [0.15, 0.2) is 42.5 Å². The minimum atomic E-state index is -0.0574. The molecule has 1 heterocycles. The van der Waals surface area contributed by atoms with Crippen molar-refractivity contribution in [1.82, 2.24) is 4.90 Å². The van der Waals surface area contributed by atoms with Crippen molar-refractivity contribution in [3.63, 3.8) is 0 Å². The molecule has 1 amide bonds. The number of anilines is 1. The highest BCUT2D eigenvalue weighted by molar-refractivity contribution is 5.93. The Morgan fingerprint density at radius 2 is 1.74 bits per heavy atom. The van der Waals surface area contributed by atoms with Crippen molar-refractivity contribution in [1.29, 1.82) is 0 Å². The lowest BCUT2D eigenvalue weighted by atomic mass is 9.99. The maximum absolute atomic E-state index is 12.5. The number of benzene rings is 2. The van der Waals surface area contributed by atoms with E-state index in [1.165, 1.54) is 5.56 Å². The maximum atomic E-state index is 12.5. The topological polar surface area (TPSA) is 60.0 Å². The van der Waals surface area contributed by atoms with Crippen LogP contribution in [0.5, 0.6) is 17.2 Å². The SMILES string of the molecule is COc1cc(NC(=O)CN2CCC(c3ccccc3)C2)cc(OC)c1OC. The summed E-state index contributed by atoms with van der Waals surface area (Å²) >= 11 is 0. The predicted molar refractivity (Wildman–Crippen MR) is 105 cm³/mol. The van der Waals surface area contributed by atoms with Gasteiger partial charge < -0.3 is 19.5 Å². The third-order valence-corrected chi connectivity index (χ3v) is 4.86. The Morgan fingerprint density at radius 1 is 1.07 bits per heavy atom. The molecule has 6 nitrogen and oxygen atoms in total. The molecule has 1 fully saturated rings. The van der Waals surface area contributed by atoms with Crippen LogP contribution >= 0.6 is 0 Å². The molecule has 1 unspecified atom stereocenters. The van der Waals surface area contributed by atoms with Gasteiger partial charge in [-0.1, -0.05) is 30.3 Å². The second-order valence-electron chi connectivity index (χ2n) is 6.59. The lowest BCUT2D eigenvalue weighted by Gasteiger charge is -2.17. The minimum absolute atomic E-state index is 0.0574. The first-order valence-corrected chi connectivity index (χ1v) is 9.01. The fraction of sp³-hybridized carbons (Fsp3) is 0.381. The van der Waals surface area contributed by atoms with Gasteiger partial charge in [0.05, 0.1) is 27.9 Å². The smallest absolute Gasteiger partial charge is 0.238 e. The van der Waals surface area contributed by atoms with Crippen LogP contribution in [0.4, 0.5) is 5.69 Å². The number of rotatable bonds is 7. The molecule has 0 spiro atoms. The van der Waals surface area contributed by atoms with Crippen LogP contribution in [0, 0.1) is 0 Å². The fourth-order valence-electron chi connectivity index (χ4n) is 3.53. The Kier molecular flexibility index (Phi) is 6.19. The second-order valence-corrected chi connectivity index (χ2v) is 6.59. The fourth-order valence-corrected chi connectivity index (χ4v) is 3.53. The van der Waals surface area contributed by atoms with E-state index in [9.17, 15) is 4.79 Å². The molecule has 2 aromatic carbocycles. The van der Waals surface area contributed by atoms with E-state index >= 15 is 0 Å². The van der Waals surface area contributed by atoms with Crippen molar-refractivity contribution >= 4 is 11.6 Å². The quantitative estimate of drug-likeness (QED) is 0.811. The number of methoxy groups -OCH3 is 3. The normalized spacial score (nSPS) is 16.8. The van der Waals surface area contributed by atoms with E-state index in [1.807, 2.05) is 6.07 Å². The standard InChI is InChI=1S/C21H26N2O4/c1-25-18-11-17(12-19(26-2)21(18)27-3)22-20(24)14-23-10-9-16(13-23)15-7-5-4-6-8-15/h4-8,11-12,16H,9-10,13-14H2,1-3H3,(H,22,24). The number of hydrogen-bond donors (Lipinski definition) is 1. The van der Waals surface area contributed by atoms with Crippen LogP contribution in [-0.2, 0) is 4.79 Å². The zero-order valence-corrected chi connectivity index (χ0v) is 16.0.